The Morgan fingerprint density at radius 2 is 1.90 bits per heavy atom. The van der Waals surface area contributed by atoms with E-state index in [0.29, 0.717) is 0 Å². The molecule has 0 fully saturated rings. The van der Waals surface area contributed by atoms with Crippen molar-refractivity contribution < 1.29 is 18.8 Å². The highest BCUT2D eigenvalue weighted by Crippen LogP contribution is 2.21. The average molecular weight is 312 g/mol. The number of hydrogen-bond donors (Lipinski definition) is 0. The summed E-state index contributed by atoms with van der Waals surface area (Å²) in [5, 5.41) is -0.000153. The molecule has 0 amide bonds. The Hall–Kier alpha value is -0.943. The summed E-state index contributed by atoms with van der Waals surface area (Å²) in [4.78, 5) is 23.3. The molecule has 0 saturated carbocycles. The predicted octanol–water partition coefficient (Wildman–Crippen LogP) is 3.48. The van der Waals surface area contributed by atoms with Crippen LogP contribution in [0.3, 0.4) is 0 Å². The molecule has 0 aromatic rings. The van der Waals surface area contributed by atoms with Gasteiger partial charge in [0.25, 0.3) is 0 Å². The molecule has 0 heterocycles. The lowest BCUT2D eigenvalue weighted by molar-refractivity contribution is -0.144. The summed E-state index contributed by atoms with van der Waals surface area (Å²) in [7, 11) is 1.48. The van der Waals surface area contributed by atoms with Crippen molar-refractivity contribution in [2.24, 2.45) is 0 Å². The molecule has 0 aromatic carbocycles. The van der Waals surface area contributed by atoms with E-state index in [2.05, 4.69) is 32.4 Å². The SMILES string of the molecule is CCCCCC=C[C@H](O[Si]C(C)(C)C)C(=O)CC(=O)OC. The molecule has 0 aliphatic heterocycles. The minimum absolute atomic E-state index is 0.000153. The minimum Gasteiger partial charge on any atom is -0.469 e. The van der Waals surface area contributed by atoms with E-state index in [4.69, 9.17) is 4.43 Å². The fourth-order valence-corrected chi connectivity index (χ4v) is 2.19. The number of allylic oxidation sites excluding steroid dienone is 1. The second-order valence-electron chi connectivity index (χ2n) is 6.03. The molecular formula is C16H28O4Si. The number of ether oxygens (including phenoxy) is 1. The first-order chi connectivity index (χ1) is 9.80. The van der Waals surface area contributed by atoms with Gasteiger partial charge in [-0.1, -0.05) is 52.7 Å². The van der Waals surface area contributed by atoms with Crippen LogP contribution in [0, 0.1) is 0 Å². The highest BCUT2D eigenvalue weighted by atomic mass is 28.2. The van der Waals surface area contributed by atoms with Crippen LogP contribution >= 0.6 is 0 Å². The smallest absolute Gasteiger partial charge is 0.313 e. The molecular weight excluding hydrogens is 284 g/mol. The number of methoxy groups -OCH3 is 1. The predicted molar refractivity (Wildman–Crippen MR) is 85.3 cm³/mol. The Labute approximate surface area is 131 Å². The van der Waals surface area contributed by atoms with Crippen molar-refractivity contribution in [3.63, 3.8) is 0 Å². The van der Waals surface area contributed by atoms with Crippen LogP contribution < -0.4 is 0 Å². The molecule has 0 N–H and O–H groups in total. The van der Waals surface area contributed by atoms with Gasteiger partial charge in [0.15, 0.2) is 5.78 Å². The number of rotatable bonds is 10. The average Bonchev–Trinajstić information content (AvgIpc) is 2.40. The van der Waals surface area contributed by atoms with Gasteiger partial charge >= 0.3 is 5.97 Å². The first-order valence-corrected chi connectivity index (χ1v) is 8.40. The largest absolute Gasteiger partial charge is 0.469 e. The van der Waals surface area contributed by atoms with Crippen LogP contribution in [0.15, 0.2) is 12.2 Å². The monoisotopic (exact) mass is 312 g/mol. The van der Waals surface area contributed by atoms with E-state index in [-0.39, 0.29) is 27.0 Å². The van der Waals surface area contributed by atoms with E-state index < -0.39 is 12.1 Å². The summed E-state index contributed by atoms with van der Waals surface area (Å²) < 4.78 is 10.2. The van der Waals surface area contributed by atoms with Crippen LogP contribution in [0.4, 0.5) is 0 Å². The number of carbonyl (C=O) groups excluding carboxylic acids is 2. The fraction of sp³-hybridized carbons (Fsp3) is 0.750. The lowest BCUT2D eigenvalue weighted by atomic mass is 10.1. The molecule has 0 saturated heterocycles. The first kappa shape index (κ1) is 20.1. The summed E-state index contributed by atoms with van der Waals surface area (Å²) >= 11 is 0. The fourth-order valence-electron chi connectivity index (χ4n) is 1.50. The molecule has 1 atom stereocenters. The van der Waals surface area contributed by atoms with E-state index in [1.807, 2.05) is 6.08 Å². The number of Topliss-reactive ketones (excluding diaryl/α,β-unsaturated/α-hetero) is 1. The van der Waals surface area contributed by atoms with Gasteiger partial charge in [-0.15, -0.1) is 0 Å². The molecule has 0 aliphatic rings. The molecule has 0 aromatic heterocycles. The van der Waals surface area contributed by atoms with Crippen LogP contribution in [0.1, 0.15) is 59.8 Å². The van der Waals surface area contributed by atoms with Crippen molar-refractivity contribution in [3.8, 4) is 0 Å². The lowest BCUT2D eigenvalue weighted by Gasteiger charge is -2.20. The third-order valence-corrected chi connectivity index (χ3v) is 3.63. The number of ketones is 1. The van der Waals surface area contributed by atoms with Gasteiger partial charge in [-0.2, -0.15) is 0 Å². The molecule has 0 aliphatic carbocycles. The van der Waals surface area contributed by atoms with Crippen molar-refractivity contribution in [1.29, 1.82) is 0 Å². The Kier molecular flexibility index (Phi) is 10.3. The molecule has 0 spiro atoms. The molecule has 0 unspecified atom stereocenters. The third-order valence-electron chi connectivity index (χ3n) is 2.64. The molecule has 120 valence electrons. The van der Waals surface area contributed by atoms with Crippen molar-refractivity contribution in [2.45, 2.75) is 70.9 Å². The van der Waals surface area contributed by atoms with Crippen LogP contribution in [0.5, 0.6) is 0 Å². The maximum absolute atomic E-state index is 12.1. The quantitative estimate of drug-likeness (QED) is 0.204. The van der Waals surface area contributed by atoms with Crippen LogP contribution in [0.2, 0.25) is 5.04 Å². The highest BCUT2D eigenvalue weighted by molar-refractivity contribution is 6.32. The van der Waals surface area contributed by atoms with E-state index in [1.54, 1.807) is 6.08 Å². The molecule has 4 nitrogen and oxygen atoms in total. The number of carbonyl (C=O) groups is 2. The van der Waals surface area contributed by atoms with Crippen molar-refractivity contribution in [2.75, 3.05) is 7.11 Å². The van der Waals surface area contributed by atoms with Gasteiger partial charge in [0.05, 0.1) is 7.11 Å². The second kappa shape index (κ2) is 10.7. The summed E-state index contributed by atoms with van der Waals surface area (Å²) in [5.41, 5.74) is 0. The number of hydrogen-bond acceptors (Lipinski definition) is 4. The van der Waals surface area contributed by atoms with E-state index in [0.717, 1.165) is 12.8 Å². The van der Waals surface area contributed by atoms with Crippen molar-refractivity contribution >= 4 is 21.5 Å². The maximum Gasteiger partial charge on any atom is 0.313 e. The minimum atomic E-state index is -0.650. The third kappa shape index (κ3) is 11.4. The van der Waals surface area contributed by atoms with Crippen LogP contribution in [0.25, 0.3) is 0 Å². The Balaban J connectivity index is 4.52. The second-order valence-corrected chi connectivity index (χ2v) is 7.97. The summed E-state index contributed by atoms with van der Waals surface area (Å²) in [5.74, 6) is -0.766. The molecule has 5 heteroatoms. The summed E-state index contributed by atoms with van der Waals surface area (Å²) in [6.07, 6.45) is 7.24. The van der Waals surface area contributed by atoms with E-state index in [1.165, 1.54) is 20.0 Å². The Morgan fingerprint density at radius 3 is 2.43 bits per heavy atom. The Morgan fingerprint density at radius 1 is 1.24 bits per heavy atom. The zero-order chi connectivity index (χ0) is 16.3. The van der Waals surface area contributed by atoms with Gasteiger partial charge in [0.1, 0.15) is 12.5 Å². The maximum atomic E-state index is 12.1. The van der Waals surface area contributed by atoms with Gasteiger partial charge in [0.2, 0.25) is 9.76 Å². The van der Waals surface area contributed by atoms with E-state index in [9.17, 15) is 9.59 Å². The standard InChI is InChI=1S/C16H28O4Si/c1-6-7-8-9-10-11-14(20-21-16(2,3)4)13(17)12-15(18)19-5/h10-11,14H,6-9,12H2,1-5H3/t14-/m0/s1. The lowest BCUT2D eigenvalue weighted by Crippen LogP contribution is -2.29. The van der Waals surface area contributed by atoms with Crippen molar-refractivity contribution in [3.05, 3.63) is 12.2 Å². The number of esters is 1. The molecule has 0 rings (SSSR count). The summed E-state index contributed by atoms with van der Waals surface area (Å²) in [6.45, 7) is 8.31. The Bertz CT molecular complexity index is 345. The van der Waals surface area contributed by atoms with Crippen molar-refractivity contribution in [1.82, 2.24) is 0 Å². The molecule has 2 radical (unpaired) electrons. The first-order valence-electron chi connectivity index (χ1n) is 7.49. The number of unbranched alkanes of at least 4 members (excludes halogenated alkanes) is 3. The summed E-state index contributed by atoms with van der Waals surface area (Å²) in [6, 6.07) is 0. The van der Waals surface area contributed by atoms with Crippen LogP contribution in [-0.2, 0) is 18.8 Å². The highest BCUT2D eigenvalue weighted by Gasteiger charge is 2.23. The zero-order valence-corrected chi connectivity index (χ0v) is 14.9. The van der Waals surface area contributed by atoms with Gasteiger partial charge < -0.3 is 9.16 Å². The topological polar surface area (TPSA) is 52.6 Å². The van der Waals surface area contributed by atoms with Crippen LogP contribution in [-0.4, -0.2) is 34.7 Å². The van der Waals surface area contributed by atoms with Gasteiger partial charge in [0, 0.05) is 0 Å². The zero-order valence-electron chi connectivity index (χ0n) is 13.9. The molecule has 0 bridgehead atoms. The van der Waals surface area contributed by atoms with E-state index >= 15 is 0 Å². The van der Waals surface area contributed by atoms with Gasteiger partial charge in [-0.25, -0.2) is 0 Å². The van der Waals surface area contributed by atoms with Gasteiger partial charge in [-0.3, -0.25) is 9.59 Å². The normalized spacial score (nSPS) is 13.4. The van der Waals surface area contributed by atoms with Gasteiger partial charge in [-0.05, 0) is 17.9 Å². The molecule has 21 heavy (non-hydrogen) atoms.